The van der Waals surface area contributed by atoms with Gasteiger partial charge in [0.05, 0.1) is 6.61 Å². The van der Waals surface area contributed by atoms with Gasteiger partial charge in [-0.3, -0.25) is 9.59 Å². The molecule has 0 aliphatic carbocycles. The molecule has 5 nitrogen and oxygen atoms in total. The summed E-state index contributed by atoms with van der Waals surface area (Å²) in [4.78, 5) is 24.4. The van der Waals surface area contributed by atoms with Gasteiger partial charge in [0.2, 0.25) is 0 Å². The smallest absolute Gasteiger partial charge is 0.306 e. The van der Waals surface area contributed by atoms with Crippen LogP contribution in [-0.4, -0.2) is 36.4 Å². The van der Waals surface area contributed by atoms with Gasteiger partial charge in [-0.05, 0) is 83.5 Å². The summed E-state index contributed by atoms with van der Waals surface area (Å²) in [7, 11) is 0. The van der Waals surface area contributed by atoms with Crippen LogP contribution in [0, 0.1) is 0 Å². The zero-order chi connectivity index (χ0) is 46.3. The molecule has 0 rings (SSSR count). The molecule has 1 unspecified atom stereocenters. The first-order valence-corrected chi connectivity index (χ1v) is 26.4. The average molecular weight is 887 g/mol. The third-order valence-corrected chi connectivity index (χ3v) is 11.1. The topological polar surface area (TPSA) is 72.8 Å². The molecule has 0 aromatic heterocycles. The fraction of sp³-hybridized carbons (Fsp3) is 0.661. The van der Waals surface area contributed by atoms with E-state index >= 15 is 0 Å². The van der Waals surface area contributed by atoms with Gasteiger partial charge in [0.25, 0.3) is 0 Å². The summed E-state index contributed by atoms with van der Waals surface area (Å²) in [5.41, 5.74) is 0. The Bertz CT molecular complexity index is 1280. The molecule has 0 heterocycles. The number of unbranched alkanes of at least 4 members (excludes halogenated alkanes) is 21. The number of hydrogen-bond donors (Lipinski definition) is 1. The number of aliphatic hydroxyl groups excluding tert-OH is 1. The van der Waals surface area contributed by atoms with E-state index in [0.717, 1.165) is 116 Å². The number of allylic oxidation sites excluding steroid dienone is 18. The predicted molar refractivity (Wildman–Crippen MR) is 279 cm³/mol. The van der Waals surface area contributed by atoms with Crippen LogP contribution in [0.4, 0.5) is 0 Å². The number of hydrogen-bond acceptors (Lipinski definition) is 5. The average Bonchev–Trinajstić information content (AvgIpc) is 3.30. The van der Waals surface area contributed by atoms with Crippen LogP contribution in [0.25, 0.3) is 0 Å². The van der Waals surface area contributed by atoms with Gasteiger partial charge in [-0.25, -0.2) is 0 Å². The third-order valence-electron chi connectivity index (χ3n) is 11.1. The highest BCUT2D eigenvalue weighted by Gasteiger charge is 2.16. The van der Waals surface area contributed by atoms with Gasteiger partial charge < -0.3 is 14.6 Å². The van der Waals surface area contributed by atoms with Crippen LogP contribution in [0.3, 0.4) is 0 Å². The van der Waals surface area contributed by atoms with Crippen LogP contribution in [-0.2, 0) is 19.1 Å². The van der Waals surface area contributed by atoms with Gasteiger partial charge in [0, 0.05) is 12.8 Å². The second kappa shape index (κ2) is 53.9. The van der Waals surface area contributed by atoms with Crippen LogP contribution in [0.2, 0.25) is 0 Å². The Hall–Kier alpha value is -3.44. The normalized spacial score (nSPS) is 13.1. The molecule has 0 aliphatic heterocycles. The number of rotatable bonds is 47. The maximum atomic E-state index is 12.3. The Morgan fingerprint density at radius 3 is 1.02 bits per heavy atom. The van der Waals surface area contributed by atoms with Crippen LogP contribution < -0.4 is 0 Å². The lowest BCUT2D eigenvalue weighted by atomic mass is 10.0. The van der Waals surface area contributed by atoms with E-state index in [9.17, 15) is 14.7 Å². The second-order valence-electron chi connectivity index (χ2n) is 17.2. The molecular formula is C59H98O5. The zero-order valence-corrected chi connectivity index (χ0v) is 41.5. The molecule has 1 atom stereocenters. The lowest BCUT2D eigenvalue weighted by Crippen LogP contribution is -2.28. The number of aliphatic hydroxyl groups is 1. The third kappa shape index (κ3) is 51.2. The van der Waals surface area contributed by atoms with Crippen molar-refractivity contribution in [2.24, 2.45) is 0 Å². The van der Waals surface area contributed by atoms with Crippen molar-refractivity contribution in [1.82, 2.24) is 0 Å². The number of ether oxygens (including phenoxy) is 2. The van der Waals surface area contributed by atoms with E-state index in [1.165, 1.54) is 89.9 Å². The highest BCUT2D eigenvalue weighted by Crippen LogP contribution is 2.15. The Morgan fingerprint density at radius 2 is 0.672 bits per heavy atom. The van der Waals surface area contributed by atoms with E-state index in [1.807, 2.05) is 0 Å². The summed E-state index contributed by atoms with van der Waals surface area (Å²) < 4.78 is 10.7. The maximum absolute atomic E-state index is 12.3. The Kier molecular flexibility index (Phi) is 51.0. The molecule has 0 spiro atoms. The summed E-state index contributed by atoms with van der Waals surface area (Å²) >= 11 is 0. The summed E-state index contributed by atoms with van der Waals surface area (Å²) in [6.07, 6.45) is 77.5. The van der Waals surface area contributed by atoms with E-state index in [-0.39, 0.29) is 25.2 Å². The van der Waals surface area contributed by atoms with Crippen molar-refractivity contribution in [2.75, 3.05) is 13.2 Å². The molecule has 0 fully saturated rings. The van der Waals surface area contributed by atoms with E-state index in [1.54, 1.807) is 0 Å². The van der Waals surface area contributed by atoms with Crippen molar-refractivity contribution >= 4 is 11.9 Å². The van der Waals surface area contributed by atoms with Gasteiger partial charge in [0.1, 0.15) is 6.61 Å². The summed E-state index contributed by atoms with van der Waals surface area (Å²) in [5.74, 6) is -0.613. The molecule has 0 radical (unpaired) electrons. The molecule has 364 valence electrons. The molecule has 0 bridgehead atoms. The van der Waals surface area contributed by atoms with Crippen LogP contribution in [0.15, 0.2) is 109 Å². The van der Waals surface area contributed by atoms with Crippen molar-refractivity contribution in [2.45, 2.75) is 238 Å². The van der Waals surface area contributed by atoms with Crippen LogP contribution >= 0.6 is 0 Å². The van der Waals surface area contributed by atoms with Crippen molar-refractivity contribution in [3.8, 4) is 0 Å². The molecule has 0 saturated carbocycles. The molecule has 0 aromatic rings. The van der Waals surface area contributed by atoms with Crippen molar-refractivity contribution in [3.63, 3.8) is 0 Å². The molecule has 0 aromatic carbocycles. The first kappa shape index (κ1) is 60.6. The van der Waals surface area contributed by atoms with Crippen LogP contribution in [0.5, 0.6) is 0 Å². The SMILES string of the molecule is CC/C=C\C/C=C\C/C=C\C/C=C\C/C=C\C/C=C\C/C=C\C/C=C\C/C=C\CCCCCCCC(=O)OC(CO)COC(=O)CCCCCCCCCCCCCCCCCCC. The van der Waals surface area contributed by atoms with E-state index in [0.29, 0.717) is 12.8 Å². The summed E-state index contributed by atoms with van der Waals surface area (Å²) in [6.45, 7) is 4.02. The second-order valence-corrected chi connectivity index (χ2v) is 17.2. The minimum atomic E-state index is -0.788. The summed E-state index contributed by atoms with van der Waals surface area (Å²) in [6, 6.07) is 0. The maximum Gasteiger partial charge on any atom is 0.306 e. The lowest BCUT2D eigenvalue weighted by Gasteiger charge is -2.15. The minimum absolute atomic E-state index is 0.0773. The van der Waals surface area contributed by atoms with Gasteiger partial charge in [-0.15, -0.1) is 0 Å². The number of esters is 2. The fourth-order valence-electron chi connectivity index (χ4n) is 7.14. The molecule has 64 heavy (non-hydrogen) atoms. The Morgan fingerprint density at radius 1 is 0.375 bits per heavy atom. The first-order chi connectivity index (χ1) is 31.6. The van der Waals surface area contributed by atoms with E-state index in [2.05, 4.69) is 123 Å². The quantitative estimate of drug-likeness (QED) is 0.0374. The van der Waals surface area contributed by atoms with E-state index < -0.39 is 6.10 Å². The van der Waals surface area contributed by atoms with Crippen LogP contribution in [0.1, 0.15) is 232 Å². The largest absolute Gasteiger partial charge is 0.462 e. The Labute approximate surface area is 395 Å². The van der Waals surface area contributed by atoms with E-state index in [4.69, 9.17) is 9.47 Å². The summed E-state index contributed by atoms with van der Waals surface area (Å²) in [5, 5.41) is 9.63. The van der Waals surface area contributed by atoms with Gasteiger partial charge >= 0.3 is 11.9 Å². The number of carbonyl (C=O) groups excluding carboxylic acids is 2. The highest BCUT2D eigenvalue weighted by atomic mass is 16.6. The van der Waals surface area contributed by atoms with Crippen molar-refractivity contribution in [1.29, 1.82) is 0 Å². The first-order valence-electron chi connectivity index (χ1n) is 26.4. The Balaban J connectivity index is 3.63. The predicted octanol–water partition coefficient (Wildman–Crippen LogP) is 17.7. The highest BCUT2D eigenvalue weighted by molar-refractivity contribution is 5.70. The zero-order valence-electron chi connectivity index (χ0n) is 41.5. The molecule has 5 heteroatoms. The molecular weight excluding hydrogens is 789 g/mol. The minimum Gasteiger partial charge on any atom is -0.462 e. The number of carbonyl (C=O) groups is 2. The van der Waals surface area contributed by atoms with Crippen molar-refractivity contribution < 1.29 is 24.2 Å². The standard InChI is InChI=1S/C59H98O5/c1-3-5-7-9-11-13-15-17-19-21-22-23-24-25-26-27-28-29-30-31-32-33-34-35-36-38-40-42-44-46-48-50-52-54-59(62)64-57(55-60)56-63-58(61)53-51-49-47-45-43-41-39-37-20-18-16-14-12-10-8-6-4-2/h5,7,11,13,17,19,22-23,25-26,28-29,31-32,34-35,38,40,57,60H,3-4,6,8-10,12,14-16,18,20-21,24,27,30,33,36-37,39,41-56H2,1-2H3/b7-5-,13-11-,19-17-,23-22-,26-25-,29-28-,32-31-,35-34-,40-38-. The molecule has 0 aliphatic rings. The van der Waals surface area contributed by atoms with Gasteiger partial charge in [-0.2, -0.15) is 0 Å². The monoisotopic (exact) mass is 887 g/mol. The van der Waals surface area contributed by atoms with Crippen molar-refractivity contribution in [3.05, 3.63) is 109 Å². The lowest BCUT2D eigenvalue weighted by molar-refractivity contribution is -0.161. The fourth-order valence-corrected chi connectivity index (χ4v) is 7.14. The molecule has 0 amide bonds. The molecule has 1 N–H and O–H groups in total. The van der Waals surface area contributed by atoms with Gasteiger partial charge in [-0.1, -0.05) is 245 Å². The van der Waals surface area contributed by atoms with Gasteiger partial charge in [0.15, 0.2) is 6.10 Å². The molecule has 0 saturated heterocycles.